The Balaban J connectivity index is 1.65. The second-order valence-electron chi connectivity index (χ2n) is 4.98. The zero-order valence-corrected chi connectivity index (χ0v) is 12.5. The fourth-order valence-electron chi connectivity index (χ4n) is 2.05. The van der Waals surface area contributed by atoms with Crippen LogP contribution in [-0.2, 0) is 16.0 Å². The topological polar surface area (TPSA) is 56.8 Å². The zero-order chi connectivity index (χ0) is 14.9. The van der Waals surface area contributed by atoms with E-state index in [4.69, 9.17) is 14.2 Å². The van der Waals surface area contributed by atoms with Crippen LogP contribution in [0.1, 0.15) is 25.3 Å². The van der Waals surface area contributed by atoms with E-state index in [1.54, 1.807) is 0 Å². The number of rotatable bonds is 8. The first-order valence-corrected chi connectivity index (χ1v) is 7.54. The molecule has 5 heteroatoms. The van der Waals surface area contributed by atoms with E-state index in [0.717, 1.165) is 42.9 Å². The molecule has 1 N–H and O–H groups in total. The molecule has 0 saturated carbocycles. The van der Waals surface area contributed by atoms with E-state index >= 15 is 0 Å². The Bertz CT molecular complexity index is 462. The lowest BCUT2D eigenvalue weighted by atomic mass is 10.1. The molecule has 0 aliphatic carbocycles. The van der Waals surface area contributed by atoms with Crippen LogP contribution in [0, 0.1) is 0 Å². The Hall–Kier alpha value is -1.75. The lowest BCUT2D eigenvalue weighted by molar-refractivity contribution is -0.142. The molecule has 1 aliphatic rings. The van der Waals surface area contributed by atoms with Gasteiger partial charge in [0, 0.05) is 0 Å². The van der Waals surface area contributed by atoms with Crippen LogP contribution in [0.5, 0.6) is 11.5 Å². The first kappa shape index (κ1) is 15.6. The molecule has 1 aromatic rings. The maximum atomic E-state index is 11.4. The molecule has 1 heterocycles. The number of ether oxygens (including phenoxy) is 3. The number of benzene rings is 1. The summed E-state index contributed by atoms with van der Waals surface area (Å²) in [6.07, 6.45) is 2.78. The second-order valence-corrected chi connectivity index (χ2v) is 4.98. The molecule has 0 saturated heterocycles. The van der Waals surface area contributed by atoms with Crippen molar-refractivity contribution in [2.45, 2.75) is 26.2 Å². The van der Waals surface area contributed by atoms with Crippen LogP contribution in [0.3, 0.4) is 0 Å². The Labute approximate surface area is 125 Å². The van der Waals surface area contributed by atoms with Crippen molar-refractivity contribution in [2.75, 3.05) is 32.9 Å². The number of unbranched alkanes of at least 4 members (excludes halogenated alkanes) is 1. The zero-order valence-electron chi connectivity index (χ0n) is 12.5. The van der Waals surface area contributed by atoms with Gasteiger partial charge in [0.2, 0.25) is 0 Å². The number of hydrogen-bond donors (Lipinski definition) is 1. The summed E-state index contributed by atoms with van der Waals surface area (Å²) in [7, 11) is 0. The van der Waals surface area contributed by atoms with Crippen LogP contribution >= 0.6 is 0 Å². The summed E-state index contributed by atoms with van der Waals surface area (Å²) < 4.78 is 16.1. The maximum Gasteiger partial charge on any atom is 0.319 e. The lowest BCUT2D eigenvalue weighted by Gasteiger charge is -2.18. The Morgan fingerprint density at radius 2 is 2.10 bits per heavy atom. The number of carbonyl (C=O) groups is 1. The third-order valence-corrected chi connectivity index (χ3v) is 3.23. The minimum atomic E-state index is -0.189. The molecule has 1 aliphatic heterocycles. The van der Waals surface area contributed by atoms with Gasteiger partial charge < -0.3 is 19.5 Å². The standard InChI is InChI=1S/C16H23NO4/c1-2-3-8-21-16(18)12-17-7-6-13-4-5-14-15(11-13)20-10-9-19-14/h4-5,11,17H,2-3,6-10,12H2,1H3. The van der Waals surface area contributed by atoms with E-state index in [-0.39, 0.29) is 12.5 Å². The SMILES string of the molecule is CCCCOC(=O)CNCCc1ccc2c(c1)OCCO2. The van der Waals surface area contributed by atoms with Crippen molar-refractivity contribution < 1.29 is 19.0 Å². The van der Waals surface area contributed by atoms with E-state index in [0.29, 0.717) is 19.8 Å². The van der Waals surface area contributed by atoms with Crippen LogP contribution in [0.25, 0.3) is 0 Å². The summed E-state index contributed by atoms with van der Waals surface area (Å²) in [4.78, 5) is 11.4. The summed E-state index contributed by atoms with van der Waals surface area (Å²) in [5.74, 6) is 1.42. The number of esters is 1. The van der Waals surface area contributed by atoms with Crippen LogP contribution in [0.2, 0.25) is 0 Å². The van der Waals surface area contributed by atoms with Gasteiger partial charge in [-0.25, -0.2) is 0 Å². The quantitative estimate of drug-likeness (QED) is 0.586. The van der Waals surface area contributed by atoms with Gasteiger partial charge in [-0.3, -0.25) is 4.79 Å². The predicted octanol–water partition coefficient (Wildman–Crippen LogP) is 1.93. The highest BCUT2D eigenvalue weighted by Gasteiger charge is 2.11. The average molecular weight is 293 g/mol. The van der Waals surface area contributed by atoms with Gasteiger partial charge in [0.25, 0.3) is 0 Å². The van der Waals surface area contributed by atoms with Gasteiger partial charge in [0.05, 0.1) is 13.2 Å². The molecule has 0 unspecified atom stereocenters. The van der Waals surface area contributed by atoms with Crippen molar-refractivity contribution in [3.05, 3.63) is 23.8 Å². The average Bonchev–Trinajstić information content (AvgIpc) is 2.52. The molecule has 21 heavy (non-hydrogen) atoms. The number of nitrogens with one attached hydrogen (secondary N) is 1. The molecule has 1 aromatic carbocycles. The van der Waals surface area contributed by atoms with Gasteiger partial charge in [-0.1, -0.05) is 19.4 Å². The molecular formula is C16H23NO4. The first-order valence-electron chi connectivity index (χ1n) is 7.54. The van der Waals surface area contributed by atoms with Crippen molar-refractivity contribution in [2.24, 2.45) is 0 Å². The largest absolute Gasteiger partial charge is 0.486 e. The lowest BCUT2D eigenvalue weighted by Crippen LogP contribution is -2.26. The third-order valence-electron chi connectivity index (χ3n) is 3.23. The van der Waals surface area contributed by atoms with E-state index in [2.05, 4.69) is 12.2 Å². The summed E-state index contributed by atoms with van der Waals surface area (Å²) in [6, 6.07) is 5.95. The van der Waals surface area contributed by atoms with Gasteiger partial charge in [-0.2, -0.15) is 0 Å². The summed E-state index contributed by atoms with van der Waals surface area (Å²) in [6.45, 7) is 4.77. The molecule has 0 atom stereocenters. The maximum absolute atomic E-state index is 11.4. The molecule has 2 rings (SSSR count). The van der Waals surface area contributed by atoms with Crippen molar-refractivity contribution >= 4 is 5.97 Å². The van der Waals surface area contributed by atoms with Crippen molar-refractivity contribution in [1.29, 1.82) is 0 Å². The van der Waals surface area contributed by atoms with Crippen molar-refractivity contribution in [1.82, 2.24) is 5.32 Å². The smallest absolute Gasteiger partial charge is 0.319 e. The summed E-state index contributed by atoms with van der Waals surface area (Å²) in [5.41, 5.74) is 1.16. The second kappa shape index (κ2) is 8.52. The van der Waals surface area contributed by atoms with Crippen molar-refractivity contribution in [3.8, 4) is 11.5 Å². The highest BCUT2D eigenvalue weighted by atomic mass is 16.6. The van der Waals surface area contributed by atoms with Crippen LogP contribution in [0.4, 0.5) is 0 Å². The summed E-state index contributed by atoms with van der Waals surface area (Å²) >= 11 is 0. The van der Waals surface area contributed by atoms with Crippen LogP contribution in [-0.4, -0.2) is 38.9 Å². The Kier molecular flexibility index (Phi) is 6.34. The highest BCUT2D eigenvalue weighted by molar-refractivity contribution is 5.71. The van der Waals surface area contributed by atoms with Crippen LogP contribution in [0.15, 0.2) is 18.2 Å². The molecule has 5 nitrogen and oxygen atoms in total. The predicted molar refractivity (Wildman–Crippen MR) is 79.9 cm³/mol. The molecule has 0 radical (unpaired) electrons. The fourth-order valence-corrected chi connectivity index (χ4v) is 2.05. The molecule has 0 fully saturated rings. The molecule has 116 valence electrons. The monoisotopic (exact) mass is 293 g/mol. The first-order chi connectivity index (χ1) is 10.3. The van der Waals surface area contributed by atoms with Gasteiger partial charge in [0.1, 0.15) is 13.2 Å². The van der Waals surface area contributed by atoms with Gasteiger partial charge >= 0.3 is 5.97 Å². The molecule has 0 amide bonds. The van der Waals surface area contributed by atoms with E-state index in [9.17, 15) is 4.79 Å². The van der Waals surface area contributed by atoms with Gasteiger partial charge in [-0.05, 0) is 37.1 Å². The Morgan fingerprint density at radius 1 is 1.29 bits per heavy atom. The normalized spacial score (nSPS) is 13.0. The highest BCUT2D eigenvalue weighted by Crippen LogP contribution is 2.30. The van der Waals surface area contributed by atoms with E-state index < -0.39 is 0 Å². The number of carbonyl (C=O) groups excluding carboxylic acids is 1. The van der Waals surface area contributed by atoms with Gasteiger partial charge in [-0.15, -0.1) is 0 Å². The third kappa shape index (κ3) is 5.27. The minimum absolute atomic E-state index is 0.189. The van der Waals surface area contributed by atoms with E-state index in [1.807, 2.05) is 18.2 Å². The Morgan fingerprint density at radius 3 is 2.90 bits per heavy atom. The van der Waals surface area contributed by atoms with E-state index in [1.165, 1.54) is 0 Å². The molecule has 0 spiro atoms. The summed E-state index contributed by atoms with van der Waals surface area (Å²) in [5, 5.41) is 3.09. The molecule has 0 bridgehead atoms. The number of fused-ring (bicyclic) bond motifs is 1. The molecular weight excluding hydrogens is 270 g/mol. The molecule has 0 aromatic heterocycles. The number of hydrogen-bond acceptors (Lipinski definition) is 5. The van der Waals surface area contributed by atoms with Crippen molar-refractivity contribution in [3.63, 3.8) is 0 Å². The minimum Gasteiger partial charge on any atom is -0.486 e. The fraction of sp³-hybridized carbons (Fsp3) is 0.562. The van der Waals surface area contributed by atoms with Gasteiger partial charge in [0.15, 0.2) is 11.5 Å². The van der Waals surface area contributed by atoms with Crippen LogP contribution < -0.4 is 14.8 Å².